The Labute approximate surface area is 138 Å². The lowest BCUT2D eigenvalue weighted by molar-refractivity contribution is 0.140. The quantitative estimate of drug-likeness (QED) is 0.798. The fraction of sp³-hybridized carbons (Fsp3) is 0.688. The Bertz CT molecular complexity index is 472. The van der Waals surface area contributed by atoms with Crippen LogP contribution in [0.1, 0.15) is 23.6 Å². The van der Waals surface area contributed by atoms with Gasteiger partial charge in [-0.3, -0.25) is 0 Å². The largest absolute Gasteiger partial charge is 0.383 e. The van der Waals surface area contributed by atoms with Gasteiger partial charge in [-0.05, 0) is 47.0 Å². The Morgan fingerprint density at radius 3 is 2.55 bits per heavy atom. The highest BCUT2D eigenvalue weighted by Gasteiger charge is 2.23. The van der Waals surface area contributed by atoms with E-state index >= 15 is 0 Å². The summed E-state index contributed by atoms with van der Waals surface area (Å²) in [5.74, 6) is 0. The molecule has 0 radical (unpaired) electrons. The molecule has 0 saturated carbocycles. The van der Waals surface area contributed by atoms with Gasteiger partial charge in [0.15, 0.2) is 0 Å². The molecule has 0 fully saturated rings. The monoisotopic (exact) mass is 327 g/mol. The van der Waals surface area contributed by atoms with Crippen LogP contribution in [0.25, 0.3) is 0 Å². The van der Waals surface area contributed by atoms with E-state index in [1.54, 1.807) is 23.3 Å². The van der Waals surface area contributed by atoms with Gasteiger partial charge in [-0.15, -0.1) is 11.3 Å². The minimum atomic E-state index is -0.0812. The summed E-state index contributed by atoms with van der Waals surface area (Å²) in [4.78, 5) is 18.8. The second-order valence-electron chi connectivity index (χ2n) is 6.29. The topological polar surface area (TPSA) is 44.8 Å². The standard InChI is InChI=1S/C16H29N3O2S/c1-13-7-8-14(22-13)11-19(9-10-21-6)15(20)17-12-16(2,3)18(4)5/h7-8H,9-12H2,1-6H3,(H,17,20). The number of carbonyl (C=O) groups excluding carboxylic acids is 1. The molecule has 2 amide bonds. The van der Waals surface area contributed by atoms with Gasteiger partial charge in [0.25, 0.3) is 0 Å². The number of hydrogen-bond donors (Lipinski definition) is 1. The molecule has 1 N–H and O–H groups in total. The summed E-state index contributed by atoms with van der Waals surface area (Å²) in [5.41, 5.74) is -0.0812. The van der Waals surface area contributed by atoms with Gasteiger partial charge in [0, 0.05) is 35.5 Å². The van der Waals surface area contributed by atoms with E-state index in [1.807, 2.05) is 14.1 Å². The van der Waals surface area contributed by atoms with Crippen LogP contribution < -0.4 is 5.32 Å². The first-order valence-corrected chi connectivity index (χ1v) is 8.32. The minimum Gasteiger partial charge on any atom is -0.383 e. The number of carbonyl (C=O) groups is 1. The minimum absolute atomic E-state index is 0.0435. The second kappa shape index (κ2) is 8.50. The van der Waals surface area contributed by atoms with Crippen LogP contribution in [-0.2, 0) is 11.3 Å². The molecule has 1 aromatic rings. The molecule has 0 aliphatic carbocycles. The molecule has 22 heavy (non-hydrogen) atoms. The van der Waals surface area contributed by atoms with Crippen LogP contribution in [0.15, 0.2) is 12.1 Å². The summed E-state index contributed by atoms with van der Waals surface area (Å²) in [6, 6.07) is 4.12. The summed E-state index contributed by atoms with van der Waals surface area (Å²) in [6.45, 7) is 8.64. The van der Waals surface area contributed by atoms with Crippen molar-refractivity contribution >= 4 is 17.4 Å². The molecule has 0 spiro atoms. The number of urea groups is 1. The molecule has 1 heterocycles. The Hall–Kier alpha value is -1.11. The fourth-order valence-electron chi connectivity index (χ4n) is 1.77. The molecular weight excluding hydrogens is 298 g/mol. The van der Waals surface area contributed by atoms with Crippen molar-refractivity contribution in [2.75, 3.05) is 40.9 Å². The van der Waals surface area contributed by atoms with E-state index in [0.717, 1.165) is 0 Å². The number of nitrogens with zero attached hydrogens (tertiary/aromatic N) is 2. The van der Waals surface area contributed by atoms with E-state index in [2.05, 4.69) is 43.1 Å². The van der Waals surface area contributed by atoms with E-state index in [-0.39, 0.29) is 11.6 Å². The van der Waals surface area contributed by atoms with Gasteiger partial charge >= 0.3 is 6.03 Å². The van der Waals surface area contributed by atoms with Crippen molar-refractivity contribution in [1.29, 1.82) is 0 Å². The molecule has 1 aromatic heterocycles. The third-order valence-corrected chi connectivity index (χ3v) is 4.86. The summed E-state index contributed by atoms with van der Waals surface area (Å²) in [6.07, 6.45) is 0. The molecule has 0 saturated heterocycles. The zero-order valence-corrected chi connectivity index (χ0v) is 15.4. The lowest BCUT2D eigenvalue weighted by Gasteiger charge is -2.33. The van der Waals surface area contributed by atoms with E-state index in [1.165, 1.54) is 9.75 Å². The summed E-state index contributed by atoms with van der Waals surface area (Å²) >= 11 is 1.72. The first kappa shape index (κ1) is 18.9. The van der Waals surface area contributed by atoms with Crippen molar-refractivity contribution in [3.05, 3.63) is 21.9 Å². The highest BCUT2D eigenvalue weighted by molar-refractivity contribution is 7.11. The van der Waals surface area contributed by atoms with Gasteiger partial charge in [0.1, 0.15) is 0 Å². The smallest absolute Gasteiger partial charge is 0.317 e. The third-order valence-electron chi connectivity index (χ3n) is 3.88. The summed E-state index contributed by atoms with van der Waals surface area (Å²) < 4.78 is 5.12. The average molecular weight is 327 g/mol. The average Bonchev–Trinajstić information content (AvgIpc) is 2.86. The number of likely N-dealkylation sites (N-methyl/N-ethyl adjacent to an activating group) is 1. The number of aryl methyl sites for hydroxylation is 1. The predicted molar refractivity (Wildman–Crippen MR) is 92.5 cm³/mol. The van der Waals surface area contributed by atoms with Crippen molar-refractivity contribution in [2.24, 2.45) is 0 Å². The number of thiophene rings is 1. The van der Waals surface area contributed by atoms with Gasteiger partial charge in [0.05, 0.1) is 13.2 Å². The second-order valence-corrected chi connectivity index (χ2v) is 7.66. The van der Waals surface area contributed by atoms with Crippen molar-refractivity contribution in [2.45, 2.75) is 32.9 Å². The molecule has 0 aliphatic heterocycles. The Morgan fingerprint density at radius 2 is 2.05 bits per heavy atom. The number of ether oxygens (including phenoxy) is 1. The number of nitrogens with one attached hydrogen (secondary N) is 1. The van der Waals surface area contributed by atoms with Crippen molar-refractivity contribution in [3.63, 3.8) is 0 Å². The number of amides is 2. The third kappa shape index (κ3) is 5.94. The molecule has 0 aromatic carbocycles. The van der Waals surface area contributed by atoms with Crippen LogP contribution in [0.2, 0.25) is 0 Å². The molecule has 0 atom stereocenters. The molecule has 1 rings (SSSR count). The van der Waals surface area contributed by atoms with Crippen LogP contribution in [0.3, 0.4) is 0 Å². The van der Waals surface area contributed by atoms with Crippen LogP contribution in [-0.4, -0.2) is 62.3 Å². The summed E-state index contributed by atoms with van der Waals surface area (Å²) in [5, 5.41) is 3.03. The molecule has 5 nitrogen and oxygen atoms in total. The Morgan fingerprint density at radius 1 is 1.36 bits per heavy atom. The van der Waals surface area contributed by atoms with Crippen LogP contribution in [0.4, 0.5) is 4.79 Å². The van der Waals surface area contributed by atoms with Crippen molar-refractivity contribution < 1.29 is 9.53 Å². The number of hydrogen-bond acceptors (Lipinski definition) is 4. The van der Waals surface area contributed by atoms with Crippen molar-refractivity contribution in [1.82, 2.24) is 15.1 Å². The zero-order chi connectivity index (χ0) is 16.8. The molecule has 0 aliphatic rings. The van der Waals surface area contributed by atoms with E-state index in [4.69, 9.17) is 4.74 Å². The van der Waals surface area contributed by atoms with Crippen LogP contribution in [0.5, 0.6) is 0 Å². The Kier molecular flexibility index (Phi) is 7.32. The molecule has 0 unspecified atom stereocenters. The van der Waals surface area contributed by atoms with Crippen molar-refractivity contribution in [3.8, 4) is 0 Å². The predicted octanol–water partition coefficient (Wildman–Crippen LogP) is 2.55. The highest BCUT2D eigenvalue weighted by atomic mass is 32.1. The van der Waals surface area contributed by atoms with Crippen LogP contribution >= 0.6 is 11.3 Å². The molecule has 0 bridgehead atoms. The molecular formula is C16H29N3O2S. The zero-order valence-electron chi connectivity index (χ0n) is 14.6. The van der Waals surface area contributed by atoms with E-state index in [9.17, 15) is 4.79 Å². The fourth-order valence-corrected chi connectivity index (χ4v) is 2.68. The van der Waals surface area contributed by atoms with Gasteiger partial charge in [-0.25, -0.2) is 4.79 Å². The maximum Gasteiger partial charge on any atom is 0.317 e. The maximum atomic E-state index is 12.5. The van der Waals surface area contributed by atoms with E-state index in [0.29, 0.717) is 26.2 Å². The Balaban J connectivity index is 2.64. The highest BCUT2D eigenvalue weighted by Crippen LogP contribution is 2.17. The summed E-state index contributed by atoms with van der Waals surface area (Å²) in [7, 11) is 5.69. The first-order valence-electron chi connectivity index (χ1n) is 7.50. The lowest BCUT2D eigenvalue weighted by Crippen LogP contribution is -2.51. The number of rotatable bonds is 8. The molecule has 126 valence electrons. The number of methoxy groups -OCH3 is 1. The normalized spacial score (nSPS) is 11.8. The van der Waals surface area contributed by atoms with E-state index < -0.39 is 0 Å². The molecule has 6 heteroatoms. The maximum absolute atomic E-state index is 12.5. The van der Waals surface area contributed by atoms with Gasteiger partial charge in [-0.1, -0.05) is 0 Å². The first-order chi connectivity index (χ1) is 10.3. The lowest BCUT2D eigenvalue weighted by atomic mass is 10.0. The SMILES string of the molecule is COCCN(Cc1ccc(C)s1)C(=O)NCC(C)(C)N(C)C. The van der Waals surface area contributed by atoms with Gasteiger partial charge in [-0.2, -0.15) is 0 Å². The van der Waals surface area contributed by atoms with Gasteiger partial charge < -0.3 is 19.9 Å². The van der Waals surface area contributed by atoms with Gasteiger partial charge in [0.2, 0.25) is 0 Å². The van der Waals surface area contributed by atoms with Crippen LogP contribution in [0, 0.1) is 6.92 Å².